The number of rotatable bonds is 6. The van der Waals surface area contributed by atoms with Crippen LogP contribution in [0.25, 0.3) is 11.4 Å². The first-order chi connectivity index (χ1) is 16.3. The van der Waals surface area contributed by atoms with Crippen LogP contribution < -0.4 is 32.9 Å². The first-order valence-electron chi connectivity index (χ1n) is 11.2. The van der Waals surface area contributed by atoms with Crippen LogP contribution in [0.1, 0.15) is 11.1 Å². The van der Waals surface area contributed by atoms with Gasteiger partial charge in [0, 0.05) is 12.4 Å². The maximum Gasteiger partial charge on any atom is 0.116 e. The fourth-order valence-corrected chi connectivity index (χ4v) is 8.66. The summed E-state index contributed by atoms with van der Waals surface area (Å²) in [6.07, 6.45) is 4.70. The molecule has 0 saturated heterocycles. The lowest BCUT2D eigenvalue weighted by Gasteiger charge is -2.28. The van der Waals surface area contributed by atoms with Gasteiger partial charge in [-0.15, -0.1) is 0 Å². The van der Waals surface area contributed by atoms with E-state index in [4.69, 9.17) is 0 Å². The van der Waals surface area contributed by atoms with Crippen molar-refractivity contribution in [3.05, 3.63) is 139 Å². The summed E-state index contributed by atoms with van der Waals surface area (Å²) in [5, 5.41) is 4.15. The summed E-state index contributed by atoms with van der Waals surface area (Å²) in [5.74, 6) is 0. The van der Waals surface area contributed by atoms with Crippen molar-refractivity contribution in [3.8, 4) is 11.4 Å². The molecule has 0 bridgehead atoms. The van der Waals surface area contributed by atoms with Gasteiger partial charge in [-0.25, -0.2) is 0 Å². The Balaban J connectivity index is 0.00000274. The van der Waals surface area contributed by atoms with Crippen molar-refractivity contribution in [1.29, 1.82) is 0 Å². The van der Waals surface area contributed by atoms with E-state index in [1.165, 1.54) is 27.0 Å². The molecule has 0 spiro atoms. The normalized spacial score (nSPS) is 11.0. The molecule has 5 rings (SSSR count). The lowest BCUT2D eigenvalue weighted by Crippen LogP contribution is -3.00. The SMILES string of the molecule is Cc1ccnc(-c2cc(C[P+](c3ccccc3)(c3ccccc3)c3ccccc3)ccn2)c1.[Br-]. The van der Waals surface area contributed by atoms with E-state index in [0.29, 0.717) is 0 Å². The molecule has 0 radical (unpaired) electrons. The van der Waals surface area contributed by atoms with Crippen LogP contribution in [0.2, 0.25) is 0 Å². The first-order valence-corrected chi connectivity index (χ1v) is 13.2. The number of halogens is 1. The lowest BCUT2D eigenvalue weighted by atomic mass is 10.1. The van der Waals surface area contributed by atoms with Crippen molar-refractivity contribution in [2.75, 3.05) is 0 Å². The summed E-state index contributed by atoms with van der Waals surface area (Å²) in [6.45, 7) is 2.09. The minimum absolute atomic E-state index is 0. The molecule has 2 aromatic heterocycles. The Morgan fingerprint density at radius 1 is 0.559 bits per heavy atom. The van der Waals surface area contributed by atoms with Crippen molar-refractivity contribution in [2.45, 2.75) is 13.1 Å². The number of pyridine rings is 2. The number of hydrogen-bond acceptors (Lipinski definition) is 2. The number of benzene rings is 3. The molecule has 0 saturated carbocycles. The predicted octanol–water partition coefficient (Wildman–Crippen LogP) is 2.95. The number of hydrogen-bond donors (Lipinski definition) is 0. The topological polar surface area (TPSA) is 25.8 Å². The highest BCUT2D eigenvalue weighted by Gasteiger charge is 2.45. The molecule has 5 aromatic rings. The highest BCUT2D eigenvalue weighted by Crippen LogP contribution is 2.58. The molecule has 0 aliphatic carbocycles. The van der Waals surface area contributed by atoms with Gasteiger partial charge in [-0.1, -0.05) is 54.6 Å². The summed E-state index contributed by atoms with van der Waals surface area (Å²) in [6, 6.07) is 41.5. The maximum atomic E-state index is 4.65. The maximum absolute atomic E-state index is 4.65. The standard InChI is InChI=1S/C30H26N2P.BrH/c1-24-17-19-31-29(21-24)30-22-25(18-20-32-30)23-33(26-11-5-2-6-12-26,27-13-7-3-8-14-27)28-15-9-4-10-16-28;/h2-22H,23H2,1H3;1H/q+1;/p-1. The van der Waals surface area contributed by atoms with Gasteiger partial charge in [-0.05, 0) is 78.7 Å². The monoisotopic (exact) mass is 524 g/mol. The Morgan fingerprint density at radius 2 is 1.00 bits per heavy atom. The Morgan fingerprint density at radius 3 is 1.47 bits per heavy atom. The van der Waals surface area contributed by atoms with Crippen molar-refractivity contribution in [2.24, 2.45) is 0 Å². The molecule has 0 fully saturated rings. The molecule has 3 aromatic carbocycles. The van der Waals surface area contributed by atoms with Crippen LogP contribution in [0.15, 0.2) is 128 Å². The molecule has 0 N–H and O–H groups in total. The van der Waals surface area contributed by atoms with Gasteiger partial charge in [0.25, 0.3) is 0 Å². The summed E-state index contributed by atoms with van der Waals surface area (Å²) in [7, 11) is -1.94. The number of nitrogens with zero attached hydrogens (tertiary/aromatic N) is 2. The molecular weight excluding hydrogens is 499 g/mol. The van der Waals surface area contributed by atoms with Crippen LogP contribution in [0.5, 0.6) is 0 Å². The van der Waals surface area contributed by atoms with Crippen LogP contribution in [0, 0.1) is 6.92 Å². The van der Waals surface area contributed by atoms with Gasteiger partial charge in [-0.3, -0.25) is 9.97 Å². The molecule has 0 amide bonds. The molecule has 0 aliphatic rings. The van der Waals surface area contributed by atoms with Crippen molar-refractivity contribution in [1.82, 2.24) is 9.97 Å². The third-order valence-corrected chi connectivity index (χ3v) is 10.4. The van der Waals surface area contributed by atoms with E-state index in [1.807, 2.05) is 18.5 Å². The summed E-state index contributed by atoms with van der Waals surface area (Å²) >= 11 is 0. The summed E-state index contributed by atoms with van der Waals surface area (Å²) < 4.78 is 0. The van der Waals surface area contributed by atoms with E-state index in [0.717, 1.165) is 17.5 Å². The molecule has 4 heteroatoms. The molecule has 34 heavy (non-hydrogen) atoms. The van der Waals surface area contributed by atoms with Gasteiger partial charge >= 0.3 is 0 Å². The summed E-state index contributed by atoms with van der Waals surface area (Å²) in [4.78, 5) is 9.22. The third-order valence-electron chi connectivity index (χ3n) is 6.01. The van der Waals surface area contributed by atoms with E-state index in [-0.39, 0.29) is 17.0 Å². The van der Waals surface area contributed by atoms with Crippen LogP contribution >= 0.6 is 7.26 Å². The van der Waals surface area contributed by atoms with Gasteiger partial charge in [0.1, 0.15) is 23.2 Å². The Labute approximate surface area is 212 Å². The van der Waals surface area contributed by atoms with Gasteiger partial charge < -0.3 is 17.0 Å². The van der Waals surface area contributed by atoms with Crippen LogP contribution in [-0.4, -0.2) is 9.97 Å². The zero-order valence-electron chi connectivity index (χ0n) is 19.1. The van der Waals surface area contributed by atoms with Crippen LogP contribution in [0.4, 0.5) is 0 Å². The highest BCUT2D eigenvalue weighted by molar-refractivity contribution is 7.95. The largest absolute Gasteiger partial charge is 1.00 e. The van der Waals surface area contributed by atoms with Crippen molar-refractivity contribution in [3.63, 3.8) is 0 Å². The van der Waals surface area contributed by atoms with E-state index in [9.17, 15) is 0 Å². The van der Waals surface area contributed by atoms with Crippen molar-refractivity contribution >= 4 is 23.2 Å². The zero-order valence-corrected chi connectivity index (χ0v) is 21.5. The average Bonchev–Trinajstić information content (AvgIpc) is 2.89. The van der Waals surface area contributed by atoms with E-state index >= 15 is 0 Å². The quantitative estimate of drug-likeness (QED) is 0.319. The minimum Gasteiger partial charge on any atom is -1.00 e. The smallest absolute Gasteiger partial charge is 0.116 e. The first kappa shape index (κ1) is 24.0. The number of aryl methyl sites for hydroxylation is 1. The van der Waals surface area contributed by atoms with Crippen molar-refractivity contribution < 1.29 is 17.0 Å². The fourth-order valence-electron chi connectivity index (χ4n) is 4.43. The zero-order chi connectivity index (χ0) is 22.5. The minimum atomic E-state index is -1.94. The average molecular weight is 525 g/mol. The molecule has 2 nitrogen and oxygen atoms in total. The molecular formula is C30H26BrN2P. The van der Waals surface area contributed by atoms with Gasteiger partial charge in [-0.2, -0.15) is 0 Å². The lowest BCUT2D eigenvalue weighted by molar-refractivity contribution is -0.00000662. The Hall–Kier alpha value is -3.13. The van der Waals surface area contributed by atoms with Gasteiger partial charge in [0.2, 0.25) is 0 Å². The van der Waals surface area contributed by atoms with E-state index in [1.54, 1.807) is 0 Å². The molecule has 0 unspecified atom stereocenters. The Bertz CT molecular complexity index is 1250. The second-order valence-corrected chi connectivity index (χ2v) is 11.7. The van der Waals surface area contributed by atoms with Gasteiger partial charge in [0.15, 0.2) is 0 Å². The van der Waals surface area contributed by atoms with E-state index in [2.05, 4.69) is 126 Å². The molecule has 2 heterocycles. The summed E-state index contributed by atoms with van der Waals surface area (Å²) in [5.41, 5.74) is 4.29. The second kappa shape index (κ2) is 10.9. The Kier molecular flexibility index (Phi) is 7.67. The second-order valence-electron chi connectivity index (χ2n) is 8.24. The molecule has 0 aliphatic heterocycles. The van der Waals surface area contributed by atoms with Crippen LogP contribution in [-0.2, 0) is 6.16 Å². The fraction of sp³-hybridized carbons (Fsp3) is 0.0667. The van der Waals surface area contributed by atoms with Gasteiger partial charge in [0.05, 0.1) is 17.5 Å². The third kappa shape index (κ3) is 4.87. The predicted molar refractivity (Wildman–Crippen MR) is 141 cm³/mol. The molecule has 0 atom stereocenters. The molecule has 168 valence electrons. The van der Waals surface area contributed by atoms with Crippen LogP contribution in [0.3, 0.4) is 0 Å². The highest BCUT2D eigenvalue weighted by atomic mass is 79.9. The number of aromatic nitrogens is 2. The van der Waals surface area contributed by atoms with E-state index < -0.39 is 7.26 Å².